The lowest BCUT2D eigenvalue weighted by atomic mass is 10.1. The summed E-state index contributed by atoms with van der Waals surface area (Å²) < 4.78 is 12.9. The standard InChI is InChI=1S/C11H11FN2/c1-7-4-9(6-13)14-11-3-2-8(12)5-10(7)11/h2-5H,6,13H2,1H3. The summed E-state index contributed by atoms with van der Waals surface area (Å²) in [4.78, 5) is 4.30. The lowest BCUT2D eigenvalue weighted by molar-refractivity contribution is 0.629. The summed E-state index contributed by atoms with van der Waals surface area (Å²) in [7, 11) is 0. The van der Waals surface area contributed by atoms with Crippen LogP contribution in [0.15, 0.2) is 24.3 Å². The number of rotatable bonds is 1. The van der Waals surface area contributed by atoms with E-state index in [-0.39, 0.29) is 5.82 Å². The van der Waals surface area contributed by atoms with Gasteiger partial charge in [-0.3, -0.25) is 4.98 Å². The van der Waals surface area contributed by atoms with Crippen LogP contribution in [0.3, 0.4) is 0 Å². The predicted molar refractivity (Wildman–Crippen MR) is 54.3 cm³/mol. The summed E-state index contributed by atoms with van der Waals surface area (Å²) in [6, 6.07) is 6.48. The van der Waals surface area contributed by atoms with E-state index in [4.69, 9.17) is 5.73 Å². The third-order valence-corrected chi connectivity index (χ3v) is 2.24. The van der Waals surface area contributed by atoms with E-state index in [2.05, 4.69) is 4.98 Å². The van der Waals surface area contributed by atoms with Gasteiger partial charge in [-0.15, -0.1) is 0 Å². The van der Waals surface area contributed by atoms with Crippen LogP contribution in [0.4, 0.5) is 4.39 Å². The van der Waals surface area contributed by atoms with Crippen molar-refractivity contribution in [2.75, 3.05) is 0 Å². The smallest absolute Gasteiger partial charge is 0.123 e. The number of pyridine rings is 1. The molecule has 0 saturated carbocycles. The summed E-state index contributed by atoms with van der Waals surface area (Å²) in [6.07, 6.45) is 0. The van der Waals surface area contributed by atoms with Gasteiger partial charge in [0.15, 0.2) is 0 Å². The highest BCUT2D eigenvalue weighted by atomic mass is 19.1. The molecule has 0 unspecified atom stereocenters. The summed E-state index contributed by atoms with van der Waals surface area (Å²) in [5, 5.41) is 0.849. The number of nitrogens with zero attached hydrogens (tertiary/aromatic N) is 1. The fraction of sp³-hybridized carbons (Fsp3) is 0.182. The molecule has 1 aromatic heterocycles. The Morgan fingerprint density at radius 3 is 2.86 bits per heavy atom. The van der Waals surface area contributed by atoms with Crippen LogP contribution >= 0.6 is 0 Å². The Hall–Kier alpha value is -1.48. The first-order chi connectivity index (χ1) is 6.70. The minimum Gasteiger partial charge on any atom is -0.325 e. The quantitative estimate of drug-likeness (QED) is 0.748. The number of hydrogen-bond donors (Lipinski definition) is 1. The van der Waals surface area contributed by atoms with Gasteiger partial charge < -0.3 is 5.73 Å². The van der Waals surface area contributed by atoms with Gasteiger partial charge in [0.25, 0.3) is 0 Å². The Morgan fingerprint density at radius 1 is 1.36 bits per heavy atom. The van der Waals surface area contributed by atoms with E-state index in [1.807, 2.05) is 13.0 Å². The van der Waals surface area contributed by atoms with Crippen LogP contribution in [0.5, 0.6) is 0 Å². The van der Waals surface area contributed by atoms with E-state index >= 15 is 0 Å². The molecule has 1 heterocycles. The van der Waals surface area contributed by atoms with Gasteiger partial charge >= 0.3 is 0 Å². The molecular weight excluding hydrogens is 179 g/mol. The highest BCUT2D eigenvalue weighted by Gasteiger charge is 2.02. The molecular formula is C11H11FN2. The van der Waals surface area contributed by atoms with E-state index in [1.54, 1.807) is 6.07 Å². The average Bonchev–Trinajstić information content (AvgIpc) is 2.19. The van der Waals surface area contributed by atoms with Gasteiger partial charge in [-0.25, -0.2) is 4.39 Å². The molecule has 0 fully saturated rings. The average molecular weight is 190 g/mol. The first-order valence-corrected chi connectivity index (χ1v) is 4.46. The minimum atomic E-state index is -0.233. The molecule has 2 rings (SSSR count). The number of fused-ring (bicyclic) bond motifs is 1. The van der Waals surface area contributed by atoms with Crippen LogP contribution in [-0.4, -0.2) is 4.98 Å². The highest BCUT2D eigenvalue weighted by molar-refractivity contribution is 5.82. The lowest BCUT2D eigenvalue weighted by Gasteiger charge is -2.04. The van der Waals surface area contributed by atoms with Crippen molar-refractivity contribution in [1.82, 2.24) is 4.98 Å². The predicted octanol–water partition coefficient (Wildman–Crippen LogP) is 2.14. The van der Waals surface area contributed by atoms with E-state index in [0.29, 0.717) is 6.54 Å². The first kappa shape index (κ1) is 9.09. The first-order valence-electron chi connectivity index (χ1n) is 4.46. The van der Waals surface area contributed by atoms with Crippen LogP contribution in [0.2, 0.25) is 0 Å². The Bertz CT molecular complexity index is 480. The molecule has 2 aromatic rings. The van der Waals surface area contributed by atoms with Crippen molar-refractivity contribution in [2.24, 2.45) is 5.73 Å². The number of benzene rings is 1. The van der Waals surface area contributed by atoms with Crippen molar-refractivity contribution in [3.63, 3.8) is 0 Å². The maximum atomic E-state index is 12.9. The molecule has 0 spiro atoms. The Kier molecular flexibility index (Phi) is 2.17. The molecule has 0 saturated heterocycles. The van der Waals surface area contributed by atoms with Gasteiger partial charge in [0.2, 0.25) is 0 Å². The normalized spacial score (nSPS) is 10.8. The summed E-state index contributed by atoms with van der Waals surface area (Å²) in [5.74, 6) is -0.233. The Morgan fingerprint density at radius 2 is 2.14 bits per heavy atom. The number of aromatic nitrogens is 1. The van der Waals surface area contributed by atoms with E-state index in [0.717, 1.165) is 22.2 Å². The molecule has 14 heavy (non-hydrogen) atoms. The fourth-order valence-electron chi connectivity index (χ4n) is 1.54. The van der Waals surface area contributed by atoms with Crippen molar-refractivity contribution in [3.8, 4) is 0 Å². The molecule has 0 amide bonds. The number of aryl methyl sites for hydroxylation is 1. The molecule has 0 atom stereocenters. The van der Waals surface area contributed by atoms with E-state index in [1.165, 1.54) is 12.1 Å². The minimum absolute atomic E-state index is 0.233. The maximum absolute atomic E-state index is 12.9. The van der Waals surface area contributed by atoms with Crippen molar-refractivity contribution in [2.45, 2.75) is 13.5 Å². The largest absolute Gasteiger partial charge is 0.325 e. The molecule has 72 valence electrons. The third-order valence-electron chi connectivity index (χ3n) is 2.24. The topological polar surface area (TPSA) is 38.9 Å². The summed E-state index contributed by atoms with van der Waals surface area (Å²) in [5.41, 5.74) is 8.15. The van der Waals surface area contributed by atoms with Gasteiger partial charge in [0.1, 0.15) is 5.82 Å². The summed E-state index contributed by atoms with van der Waals surface area (Å²) >= 11 is 0. The maximum Gasteiger partial charge on any atom is 0.123 e. The zero-order valence-electron chi connectivity index (χ0n) is 7.92. The molecule has 0 aliphatic heterocycles. The van der Waals surface area contributed by atoms with Crippen LogP contribution in [-0.2, 0) is 6.54 Å². The Labute approximate surface area is 81.6 Å². The second kappa shape index (κ2) is 3.35. The molecule has 1 aromatic carbocycles. The van der Waals surface area contributed by atoms with Crippen LogP contribution < -0.4 is 5.73 Å². The zero-order valence-corrected chi connectivity index (χ0v) is 7.92. The number of halogens is 1. The molecule has 0 radical (unpaired) electrons. The lowest BCUT2D eigenvalue weighted by Crippen LogP contribution is -2.00. The number of hydrogen-bond acceptors (Lipinski definition) is 2. The monoisotopic (exact) mass is 190 g/mol. The highest BCUT2D eigenvalue weighted by Crippen LogP contribution is 2.18. The van der Waals surface area contributed by atoms with Crippen molar-refractivity contribution in [3.05, 3.63) is 41.3 Å². The van der Waals surface area contributed by atoms with E-state index in [9.17, 15) is 4.39 Å². The second-order valence-corrected chi connectivity index (χ2v) is 3.30. The molecule has 2 N–H and O–H groups in total. The van der Waals surface area contributed by atoms with Gasteiger partial charge in [-0.05, 0) is 36.8 Å². The zero-order chi connectivity index (χ0) is 10.1. The van der Waals surface area contributed by atoms with Gasteiger partial charge in [-0.2, -0.15) is 0 Å². The van der Waals surface area contributed by atoms with Crippen molar-refractivity contribution in [1.29, 1.82) is 0 Å². The van der Waals surface area contributed by atoms with Gasteiger partial charge in [0.05, 0.1) is 11.2 Å². The van der Waals surface area contributed by atoms with Crippen molar-refractivity contribution >= 4 is 10.9 Å². The van der Waals surface area contributed by atoms with Crippen LogP contribution in [0.25, 0.3) is 10.9 Å². The molecule has 2 nitrogen and oxygen atoms in total. The van der Waals surface area contributed by atoms with Gasteiger partial charge in [0, 0.05) is 11.9 Å². The Balaban J connectivity index is 2.76. The van der Waals surface area contributed by atoms with Gasteiger partial charge in [-0.1, -0.05) is 0 Å². The molecule has 0 aliphatic carbocycles. The fourth-order valence-corrected chi connectivity index (χ4v) is 1.54. The molecule has 0 aliphatic rings. The van der Waals surface area contributed by atoms with E-state index < -0.39 is 0 Å². The van der Waals surface area contributed by atoms with Crippen LogP contribution in [0.1, 0.15) is 11.3 Å². The van der Waals surface area contributed by atoms with Crippen molar-refractivity contribution < 1.29 is 4.39 Å². The molecule has 0 bridgehead atoms. The van der Waals surface area contributed by atoms with Crippen LogP contribution in [0, 0.1) is 12.7 Å². The molecule has 3 heteroatoms. The second-order valence-electron chi connectivity index (χ2n) is 3.30. The number of nitrogens with two attached hydrogens (primary N) is 1. The summed E-state index contributed by atoms with van der Waals surface area (Å²) in [6.45, 7) is 2.34. The third kappa shape index (κ3) is 1.46. The SMILES string of the molecule is Cc1cc(CN)nc2ccc(F)cc12.